The molecule has 2 aromatic rings. The average Bonchev–Trinajstić information content (AvgIpc) is 3.05. The first-order valence-corrected chi connectivity index (χ1v) is 13.6. The van der Waals surface area contributed by atoms with Crippen molar-refractivity contribution in [3.8, 4) is 11.3 Å². The van der Waals surface area contributed by atoms with Gasteiger partial charge in [0, 0.05) is 56.6 Å². The highest BCUT2D eigenvalue weighted by Gasteiger charge is 2.28. The maximum absolute atomic E-state index is 10.7. The van der Waals surface area contributed by atoms with Gasteiger partial charge in [-0.25, -0.2) is 4.98 Å². The molecule has 3 rings (SSSR count). The second-order valence-corrected chi connectivity index (χ2v) is 10.2. The summed E-state index contributed by atoms with van der Waals surface area (Å²) in [5.74, 6) is 1.00. The summed E-state index contributed by atoms with van der Waals surface area (Å²) in [6, 6.07) is 12.9. The molecule has 198 valence electrons. The first-order chi connectivity index (χ1) is 17.9. The van der Waals surface area contributed by atoms with Crippen molar-refractivity contribution in [2.45, 2.75) is 64.5 Å². The van der Waals surface area contributed by atoms with Crippen LogP contribution in [0.4, 0.5) is 5.82 Å². The van der Waals surface area contributed by atoms with E-state index in [1.165, 1.54) is 0 Å². The molecule has 1 heterocycles. The molecule has 1 aromatic carbocycles. The van der Waals surface area contributed by atoms with E-state index >= 15 is 0 Å². The van der Waals surface area contributed by atoms with Crippen molar-refractivity contribution < 1.29 is 5.11 Å². The Labute approximate surface area is 223 Å². The van der Waals surface area contributed by atoms with Gasteiger partial charge >= 0.3 is 0 Å². The molecule has 0 spiro atoms. The van der Waals surface area contributed by atoms with Crippen LogP contribution in [0.1, 0.15) is 63.5 Å². The van der Waals surface area contributed by atoms with Crippen LogP contribution in [0.3, 0.4) is 0 Å². The van der Waals surface area contributed by atoms with Gasteiger partial charge in [-0.05, 0) is 54.2 Å². The summed E-state index contributed by atoms with van der Waals surface area (Å²) in [5.41, 5.74) is 6.24. The predicted octanol–water partition coefficient (Wildman–Crippen LogP) is 7.07. The number of unbranched alkanes of at least 4 members (excludes halogenated alkanes) is 1. The molecule has 1 saturated carbocycles. The molecule has 0 radical (unpaired) electrons. The maximum atomic E-state index is 10.7. The van der Waals surface area contributed by atoms with E-state index < -0.39 is 0 Å². The van der Waals surface area contributed by atoms with Gasteiger partial charge in [-0.2, -0.15) is 0 Å². The van der Waals surface area contributed by atoms with Crippen molar-refractivity contribution in [1.82, 2.24) is 9.88 Å². The minimum absolute atomic E-state index is 0.151. The summed E-state index contributed by atoms with van der Waals surface area (Å²) in [4.78, 5) is 11.5. The van der Waals surface area contributed by atoms with E-state index in [9.17, 15) is 5.11 Å². The van der Waals surface area contributed by atoms with Crippen molar-refractivity contribution in [3.63, 3.8) is 0 Å². The lowest BCUT2D eigenvalue weighted by atomic mass is 9.94. The van der Waals surface area contributed by atoms with Crippen LogP contribution >= 0.6 is 0 Å². The molecule has 37 heavy (non-hydrogen) atoms. The molecule has 5 nitrogen and oxygen atoms in total. The lowest BCUT2D eigenvalue weighted by molar-refractivity contribution is 0.105. The van der Waals surface area contributed by atoms with E-state index in [-0.39, 0.29) is 18.1 Å². The van der Waals surface area contributed by atoms with Crippen LogP contribution in [-0.4, -0.2) is 54.5 Å². The van der Waals surface area contributed by atoms with Crippen molar-refractivity contribution in [2.24, 2.45) is 10.9 Å². The fourth-order valence-corrected chi connectivity index (χ4v) is 4.91. The fraction of sp³-hybridized carbons (Fsp3) is 0.438. The first kappa shape index (κ1) is 28.4. The Hall–Kier alpha value is -3.18. The molecule has 0 bridgehead atoms. The largest absolute Gasteiger partial charge is 0.393 e. The first-order valence-electron chi connectivity index (χ1n) is 13.6. The average molecular weight is 501 g/mol. The van der Waals surface area contributed by atoms with E-state index in [2.05, 4.69) is 79.4 Å². The highest BCUT2D eigenvalue weighted by atomic mass is 16.3. The van der Waals surface area contributed by atoms with Gasteiger partial charge in [0.25, 0.3) is 0 Å². The Morgan fingerprint density at radius 3 is 2.68 bits per heavy atom. The van der Waals surface area contributed by atoms with Crippen molar-refractivity contribution in [1.29, 1.82) is 0 Å². The number of aromatic nitrogens is 1. The Kier molecular flexibility index (Phi) is 10.7. The number of nitrogens with one attached hydrogen (secondary N) is 1. The number of anilines is 1. The van der Waals surface area contributed by atoms with Gasteiger partial charge in [-0.3, -0.25) is 4.99 Å². The number of hydrogen-bond acceptors (Lipinski definition) is 5. The molecule has 0 amide bonds. The van der Waals surface area contributed by atoms with Crippen molar-refractivity contribution in [3.05, 3.63) is 72.5 Å². The number of rotatable bonds is 10. The molecule has 2 N–H and O–H groups in total. The summed E-state index contributed by atoms with van der Waals surface area (Å²) < 4.78 is 0. The van der Waals surface area contributed by atoms with Crippen LogP contribution < -0.4 is 5.32 Å². The lowest BCUT2D eigenvalue weighted by Crippen LogP contribution is -2.34. The van der Waals surface area contributed by atoms with Gasteiger partial charge in [0.15, 0.2) is 0 Å². The molecule has 1 fully saturated rings. The summed E-state index contributed by atoms with van der Waals surface area (Å²) in [5, 5.41) is 14.4. The normalized spacial score (nSPS) is 21.1. The van der Waals surface area contributed by atoms with Crippen LogP contribution in [0, 0.1) is 5.92 Å². The highest BCUT2D eigenvalue weighted by Crippen LogP contribution is 2.32. The zero-order valence-electron chi connectivity index (χ0n) is 23.2. The van der Waals surface area contributed by atoms with Crippen LogP contribution in [0.15, 0.2) is 66.3 Å². The van der Waals surface area contributed by atoms with E-state index in [1.54, 1.807) is 0 Å². The number of allylic oxidation sites excluding steroid dienone is 4. The number of aliphatic hydroxyl groups is 1. The number of hydrogen-bond donors (Lipinski definition) is 2. The fourth-order valence-electron chi connectivity index (χ4n) is 4.91. The monoisotopic (exact) mass is 500 g/mol. The quantitative estimate of drug-likeness (QED) is 0.208. The number of nitrogens with zero attached hydrogens (tertiary/aromatic N) is 3. The minimum atomic E-state index is -0.295. The van der Waals surface area contributed by atoms with Crippen molar-refractivity contribution in [2.75, 3.05) is 26.5 Å². The van der Waals surface area contributed by atoms with Crippen LogP contribution in [-0.2, 0) is 0 Å². The van der Waals surface area contributed by atoms with Gasteiger partial charge in [0.2, 0.25) is 0 Å². The number of benzene rings is 1. The van der Waals surface area contributed by atoms with Gasteiger partial charge in [0.1, 0.15) is 5.82 Å². The Balaban J connectivity index is 2.09. The number of pyridine rings is 1. The van der Waals surface area contributed by atoms with E-state index in [4.69, 9.17) is 4.98 Å². The zero-order chi connectivity index (χ0) is 26.8. The van der Waals surface area contributed by atoms with E-state index in [0.717, 1.165) is 77.9 Å². The van der Waals surface area contributed by atoms with Crippen LogP contribution in [0.2, 0.25) is 0 Å². The van der Waals surface area contributed by atoms with E-state index in [0.29, 0.717) is 0 Å². The molecule has 1 unspecified atom stereocenters. The molecule has 1 aliphatic carbocycles. The molecule has 5 heteroatoms. The van der Waals surface area contributed by atoms with Crippen molar-refractivity contribution >= 4 is 23.2 Å². The highest BCUT2D eigenvalue weighted by molar-refractivity contribution is 6.11. The summed E-state index contributed by atoms with van der Waals surface area (Å²) >= 11 is 0. The number of aliphatic hydroxyl groups excluding tert-OH is 1. The van der Waals surface area contributed by atoms with Crippen LogP contribution in [0.5, 0.6) is 0 Å². The molecular formula is C32H44N4O. The number of aliphatic imine (C=N–C) groups is 1. The minimum Gasteiger partial charge on any atom is -0.393 e. The Morgan fingerprint density at radius 2 is 1.97 bits per heavy atom. The zero-order valence-corrected chi connectivity index (χ0v) is 23.2. The maximum Gasteiger partial charge on any atom is 0.134 e. The van der Waals surface area contributed by atoms with E-state index in [1.807, 2.05) is 38.3 Å². The lowest BCUT2D eigenvalue weighted by Gasteiger charge is -2.28. The van der Waals surface area contributed by atoms with Gasteiger partial charge in [-0.15, -0.1) is 0 Å². The third-order valence-electron chi connectivity index (χ3n) is 7.06. The molecule has 3 atom stereocenters. The molecular weight excluding hydrogens is 456 g/mol. The molecule has 0 saturated heterocycles. The Bertz CT molecular complexity index is 1130. The summed E-state index contributed by atoms with van der Waals surface area (Å²) in [6.07, 6.45) is 13.9. The summed E-state index contributed by atoms with van der Waals surface area (Å²) in [6.45, 7) is 8.34. The summed E-state index contributed by atoms with van der Waals surface area (Å²) in [7, 11) is 5.84. The second-order valence-electron chi connectivity index (χ2n) is 10.2. The molecule has 0 aliphatic heterocycles. The topological polar surface area (TPSA) is 60.8 Å². The SMILES string of the molecule is C=C/C(=C\N(C)C)c1cccc(-c2ccc(/C(C=NC)=C/CCC)c(N[C@H]3CCCCC(O)[C@H]3C)n2)c1. The van der Waals surface area contributed by atoms with Gasteiger partial charge < -0.3 is 15.3 Å². The second kappa shape index (κ2) is 13.9. The molecule has 1 aromatic heterocycles. The Morgan fingerprint density at radius 1 is 1.19 bits per heavy atom. The standard InChI is InChI=1S/C32H44N4O/c1-7-9-13-27(21-33-4)28-18-19-30(26-15-12-14-25(20-26)24(8-2)22-36(5)6)35-32(28)34-29-16-10-11-17-31(37)23(29)3/h8,12-15,18-23,29,31,37H,2,7,9-11,16-17H2,1,3-6H3,(H,34,35)/b24-22+,27-13+,33-21?/t23-,29-,31?/m0/s1. The third kappa shape index (κ3) is 7.65. The third-order valence-corrected chi connectivity index (χ3v) is 7.06. The molecule has 1 aliphatic rings. The van der Waals surface area contributed by atoms with Gasteiger partial charge in [-0.1, -0.05) is 70.0 Å². The van der Waals surface area contributed by atoms with Gasteiger partial charge in [0.05, 0.1) is 11.8 Å². The smallest absolute Gasteiger partial charge is 0.134 e. The van der Waals surface area contributed by atoms with Crippen LogP contribution in [0.25, 0.3) is 22.4 Å². The predicted molar refractivity (Wildman–Crippen MR) is 160 cm³/mol.